The van der Waals surface area contributed by atoms with Crippen molar-refractivity contribution in [1.82, 2.24) is 0 Å². The summed E-state index contributed by atoms with van der Waals surface area (Å²) in [6.45, 7) is 4.11. The van der Waals surface area contributed by atoms with Gasteiger partial charge in [0, 0.05) is 0 Å². The van der Waals surface area contributed by atoms with E-state index in [1.54, 1.807) is 7.11 Å². The summed E-state index contributed by atoms with van der Waals surface area (Å²) >= 11 is 0. The van der Waals surface area contributed by atoms with Crippen molar-refractivity contribution in [2.24, 2.45) is 5.92 Å². The molecular weight excluding hydrogens is 240 g/mol. The molecule has 19 heavy (non-hydrogen) atoms. The summed E-state index contributed by atoms with van der Waals surface area (Å²) in [5.41, 5.74) is 3.48. The van der Waals surface area contributed by atoms with Crippen LogP contribution in [0.15, 0.2) is 12.1 Å². The van der Waals surface area contributed by atoms with Crippen LogP contribution in [0.4, 0.5) is 0 Å². The van der Waals surface area contributed by atoms with Crippen LogP contribution in [0.25, 0.3) is 0 Å². The van der Waals surface area contributed by atoms with Crippen LogP contribution >= 0.6 is 0 Å². The van der Waals surface area contributed by atoms with Gasteiger partial charge in [-0.05, 0) is 55.4 Å². The molecule has 1 aromatic rings. The lowest BCUT2D eigenvalue weighted by molar-refractivity contribution is -0.143. The minimum Gasteiger partial charge on any atom is -0.496 e. The van der Waals surface area contributed by atoms with E-state index in [0.29, 0.717) is 0 Å². The largest absolute Gasteiger partial charge is 0.496 e. The molecule has 0 radical (unpaired) electrons. The lowest BCUT2D eigenvalue weighted by atomic mass is 9.74. The van der Waals surface area contributed by atoms with Crippen LogP contribution < -0.4 is 4.74 Å². The van der Waals surface area contributed by atoms with Gasteiger partial charge in [0.1, 0.15) is 5.75 Å². The highest BCUT2D eigenvalue weighted by atomic mass is 16.5. The fraction of sp³-hybridized carbons (Fsp3) is 0.562. The third-order valence-corrected chi connectivity index (χ3v) is 4.48. The Morgan fingerprint density at radius 3 is 2.53 bits per heavy atom. The number of benzene rings is 1. The maximum atomic E-state index is 11.4. The number of carboxylic acids is 1. The summed E-state index contributed by atoms with van der Waals surface area (Å²) in [6.07, 6.45) is 3.93. The van der Waals surface area contributed by atoms with E-state index in [-0.39, 0.29) is 11.8 Å². The molecule has 1 fully saturated rings. The molecule has 3 nitrogen and oxygen atoms in total. The first-order chi connectivity index (χ1) is 9.06. The van der Waals surface area contributed by atoms with Gasteiger partial charge in [-0.25, -0.2) is 0 Å². The number of hydrogen-bond acceptors (Lipinski definition) is 2. The molecule has 3 heteroatoms. The Kier molecular flexibility index (Phi) is 4.13. The van der Waals surface area contributed by atoms with E-state index in [2.05, 4.69) is 6.92 Å². The molecule has 0 saturated heterocycles. The lowest BCUT2D eigenvalue weighted by Gasteiger charge is -2.30. The van der Waals surface area contributed by atoms with Gasteiger partial charge in [0.05, 0.1) is 13.0 Å². The molecule has 2 unspecified atom stereocenters. The highest BCUT2D eigenvalue weighted by Crippen LogP contribution is 2.41. The first-order valence-corrected chi connectivity index (χ1v) is 6.93. The van der Waals surface area contributed by atoms with Gasteiger partial charge in [0.25, 0.3) is 0 Å². The summed E-state index contributed by atoms with van der Waals surface area (Å²) < 4.78 is 5.33. The van der Waals surface area contributed by atoms with E-state index in [0.717, 1.165) is 37.0 Å². The Labute approximate surface area is 114 Å². The monoisotopic (exact) mass is 262 g/mol. The first-order valence-electron chi connectivity index (χ1n) is 6.93. The van der Waals surface area contributed by atoms with E-state index >= 15 is 0 Å². The third-order valence-electron chi connectivity index (χ3n) is 4.48. The summed E-state index contributed by atoms with van der Waals surface area (Å²) in [4.78, 5) is 11.4. The smallest absolute Gasteiger partial charge is 0.307 e. The van der Waals surface area contributed by atoms with Crippen LogP contribution in [0, 0.1) is 19.8 Å². The Morgan fingerprint density at radius 1 is 1.21 bits per heavy atom. The first kappa shape index (κ1) is 13.9. The van der Waals surface area contributed by atoms with Gasteiger partial charge in [-0.3, -0.25) is 4.79 Å². The fourth-order valence-electron chi connectivity index (χ4n) is 3.24. The zero-order valence-electron chi connectivity index (χ0n) is 11.9. The summed E-state index contributed by atoms with van der Waals surface area (Å²) in [6, 6.07) is 4.01. The van der Waals surface area contributed by atoms with Crippen LogP contribution in [0.3, 0.4) is 0 Å². The zero-order valence-corrected chi connectivity index (χ0v) is 11.9. The van der Waals surface area contributed by atoms with Crippen LogP contribution in [-0.4, -0.2) is 18.2 Å². The molecule has 1 aliphatic rings. The van der Waals surface area contributed by atoms with Crippen LogP contribution in [0.1, 0.15) is 48.3 Å². The van der Waals surface area contributed by atoms with Crippen molar-refractivity contribution in [2.75, 3.05) is 7.11 Å². The normalized spacial score (nSPS) is 23.1. The minimum atomic E-state index is -0.655. The zero-order chi connectivity index (χ0) is 14.0. The number of aliphatic carboxylic acids is 1. The molecule has 2 atom stereocenters. The SMILES string of the molecule is COc1ccc(C2CCCCC2C(=O)O)c(C)c1C. The Bertz CT molecular complexity index is 479. The number of carboxylic acid groups (broad SMARTS) is 1. The second-order valence-electron chi connectivity index (χ2n) is 5.44. The van der Waals surface area contributed by atoms with Gasteiger partial charge >= 0.3 is 5.97 Å². The molecule has 0 bridgehead atoms. The van der Waals surface area contributed by atoms with Crippen molar-refractivity contribution in [3.63, 3.8) is 0 Å². The van der Waals surface area contributed by atoms with Crippen molar-refractivity contribution in [3.05, 3.63) is 28.8 Å². The summed E-state index contributed by atoms with van der Waals surface area (Å²) in [5, 5.41) is 9.41. The molecule has 1 aromatic carbocycles. The predicted molar refractivity (Wildman–Crippen MR) is 74.8 cm³/mol. The molecule has 1 saturated carbocycles. The molecule has 104 valence electrons. The topological polar surface area (TPSA) is 46.5 Å². The predicted octanol–water partition coefficient (Wildman–Crippen LogP) is 3.67. The molecular formula is C16H22O3. The van der Waals surface area contributed by atoms with Crippen molar-refractivity contribution < 1.29 is 14.6 Å². The minimum absolute atomic E-state index is 0.149. The van der Waals surface area contributed by atoms with Crippen molar-refractivity contribution in [1.29, 1.82) is 0 Å². The average molecular weight is 262 g/mol. The highest BCUT2D eigenvalue weighted by molar-refractivity contribution is 5.71. The summed E-state index contributed by atoms with van der Waals surface area (Å²) in [7, 11) is 1.67. The van der Waals surface area contributed by atoms with Crippen molar-refractivity contribution in [2.45, 2.75) is 45.4 Å². The van der Waals surface area contributed by atoms with Gasteiger partial charge < -0.3 is 9.84 Å². The molecule has 1 N–H and O–H groups in total. The average Bonchev–Trinajstić information content (AvgIpc) is 2.42. The second kappa shape index (κ2) is 5.64. The second-order valence-corrected chi connectivity index (χ2v) is 5.44. The van der Waals surface area contributed by atoms with Gasteiger partial charge in [-0.1, -0.05) is 18.9 Å². The van der Waals surface area contributed by atoms with Gasteiger partial charge in [0.15, 0.2) is 0 Å². The third kappa shape index (κ3) is 2.60. The Balaban J connectivity index is 2.39. The number of methoxy groups -OCH3 is 1. The van der Waals surface area contributed by atoms with E-state index < -0.39 is 5.97 Å². The maximum Gasteiger partial charge on any atom is 0.307 e. The van der Waals surface area contributed by atoms with Gasteiger partial charge in [0.2, 0.25) is 0 Å². The number of carbonyl (C=O) groups is 1. The molecule has 0 heterocycles. The van der Waals surface area contributed by atoms with Crippen molar-refractivity contribution in [3.8, 4) is 5.75 Å². The molecule has 0 aliphatic heterocycles. The maximum absolute atomic E-state index is 11.4. The number of rotatable bonds is 3. The molecule has 2 rings (SSSR count). The summed E-state index contributed by atoms with van der Waals surface area (Å²) in [5.74, 6) is 0.137. The Hall–Kier alpha value is -1.51. The van der Waals surface area contributed by atoms with Crippen LogP contribution in [0.5, 0.6) is 5.75 Å². The van der Waals surface area contributed by atoms with Crippen LogP contribution in [-0.2, 0) is 4.79 Å². The number of ether oxygens (including phenoxy) is 1. The fourth-order valence-corrected chi connectivity index (χ4v) is 3.24. The molecule has 0 aromatic heterocycles. The lowest BCUT2D eigenvalue weighted by Crippen LogP contribution is -2.26. The van der Waals surface area contributed by atoms with Crippen molar-refractivity contribution >= 4 is 5.97 Å². The molecule has 1 aliphatic carbocycles. The molecule has 0 spiro atoms. The molecule has 0 amide bonds. The quantitative estimate of drug-likeness (QED) is 0.904. The van der Waals surface area contributed by atoms with Gasteiger partial charge in [-0.2, -0.15) is 0 Å². The van der Waals surface area contributed by atoms with E-state index in [1.165, 1.54) is 11.1 Å². The van der Waals surface area contributed by atoms with E-state index in [1.807, 2.05) is 19.1 Å². The van der Waals surface area contributed by atoms with E-state index in [9.17, 15) is 9.90 Å². The van der Waals surface area contributed by atoms with Gasteiger partial charge in [-0.15, -0.1) is 0 Å². The highest BCUT2D eigenvalue weighted by Gasteiger charge is 2.33. The van der Waals surface area contributed by atoms with E-state index in [4.69, 9.17) is 4.74 Å². The van der Waals surface area contributed by atoms with Crippen LogP contribution in [0.2, 0.25) is 0 Å². The number of hydrogen-bond donors (Lipinski definition) is 1. The Morgan fingerprint density at radius 2 is 1.89 bits per heavy atom. The standard InChI is InChI=1S/C16H22O3/c1-10-11(2)15(19-3)9-8-12(10)13-6-4-5-7-14(13)16(17)18/h8-9,13-14H,4-7H2,1-3H3,(H,17,18).